The molecule has 478 valence electrons. The Hall–Kier alpha value is -2.80. The van der Waals surface area contributed by atoms with Crippen LogP contribution < -0.4 is 0 Å². The monoisotopic (exact) mass is 1130 g/mol. The van der Waals surface area contributed by atoms with Gasteiger partial charge in [0.05, 0.1) is 6.26 Å². The molecule has 1 heteroatoms. The van der Waals surface area contributed by atoms with Crippen LogP contribution in [0, 0.1) is 65.1 Å². The van der Waals surface area contributed by atoms with Crippen LogP contribution in [-0.2, 0) is 0 Å². The Balaban J connectivity index is -0.000000192. The number of hydrogen-bond acceptors (Lipinski definition) is 1. The second kappa shape index (κ2) is 63.2. The van der Waals surface area contributed by atoms with Crippen molar-refractivity contribution in [3.63, 3.8) is 0 Å². The first kappa shape index (κ1) is 89.4. The second-order valence-electron chi connectivity index (χ2n) is 27.5. The molecule has 1 heterocycles. The van der Waals surface area contributed by atoms with Gasteiger partial charge in [0.2, 0.25) is 0 Å². The van der Waals surface area contributed by atoms with Crippen LogP contribution in [0.15, 0.2) is 113 Å². The van der Waals surface area contributed by atoms with Crippen LogP contribution in [0.1, 0.15) is 339 Å². The fourth-order valence-corrected chi connectivity index (χ4v) is 7.20. The molecule has 3 aliphatic rings. The highest BCUT2D eigenvalue weighted by molar-refractivity contribution is 5.17. The van der Waals surface area contributed by atoms with E-state index in [1.165, 1.54) is 133 Å². The van der Waals surface area contributed by atoms with Crippen molar-refractivity contribution in [3.05, 3.63) is 120 Å². The zero-order chi connectivity index (χ0) is 63.7. The Morgan fingerprint density at radius 3 is 1.25 bits per heavy atom. The molecule has 1 fully saturated rings. The summed E-state index contributed by atoms with van der Waals surface area (Å²) in [4.78, 5) is 0. The van der Waals surface area contributed by atoms with Gasteiger partial charge < -0.3 is 4.42 Å². The fraction of sp³-hybridized carbons (Fsp3) is 0.750. The number of furan rings is 1. The predicted octanol–water partition coefficient (Wildman–Crippen LogP) is 29.0. The van der Waals surface area contributed by atoms with Gasteiger partial charge in [-0.2, -0.15) is 0 Å². The summed E-state index contributed by atoms with van der Waals surface area (Å²) in [6.07, 6.45) is 39.4. The third kappa shape index (κ3) is 73.3. The van der Waals surface area contributed by atoms with Gasteiger partial charge in [-0.3, -0.25) is 0 Å². The van der Waals surface area contributed by atoms with E-state index >= 15 is 0 Å². The number of hydrogen-bond donors (Lipinski definition) is 0. The van der Waals surface area contributed by atoms with Crippen molar-refractivity contribution in [2.45, 2.75) is 328 Å². The summed E-state index contributed by atoms with van der Waals surface area (Å²) >= 11 is 0. The minimum atomic E-state index is 0.519. The average molecular weight is 1130 g/mol. The smallest absolute Gasteiger partial charge is 0.106 e. The Morgan fingerprint density at radius 1 is 0.543 bits per heavy atom. The second-order valence-corrected chi connectivity index (χ2v) is 27.5. The van der Waals surface area contributed by atoms with E-state index in [0.717, 1.165) is 59.0 Å². The van der Waals surface area contributed by atoms with E-state index in [0.29, 0.717) is 23.7 Å². The molecule has 0 amide bonds. The highest BCUT2D eigenvalue weighted by atomic mass is 16.3. The molecule has 1 aromatic carbocycles. The normalized spacial score (nSPS) is 13.7. The molecule has 0 aliphatic heterocycles. The van der Waals surface area contributed by atoms with Crippen LogP contribution in [0.4, 0.5) is 0 Å². The third-order valence-electron chi connectivity index (χ3n) is 15.0. The summed E-state index contributed by atoms with van der Waals surface area (Å²) in [6, 6.07) is 14.4. The minimum absolute atomic E-state index is 0.519. The first-order chi connectivity index (χ1) is 37.9. The van der Waals surface area contributed by atoms with Crippen molar-refractivity contribution in [2.75, 3.05) is 0 Å². The van der Waals surface area contributed by atoms with Gasteiger partial charge in [-0.15, -0.1) is 6.58 Å². The Morgan fingerprint density at radius 2 is 1.01 bits per heavy atom. The molecular weight excluding hydrogens is 977 g/mol. The quantitative estimate of drug-likeness (QED) is 0.121. The molecule has 1 nitrogen and oxygen atoms in total. The molecule has 81 heavy (non-hydrogen) atoms. The standard InChI is InChI=1S/C9H18.C9H16.C9H12.C8H14.C8H18.C8H16.C7H10O.C6H14.C6H12.C5H12.C5H10/c3*1-8(2)9-6-4-3-5-7-9;1-7(2)8-5-3-4-6-8;2*1-4-5-6-7-8(2)3;1-6(2)7-4-3-5-8-7;2*1-5(2)6(3)4;2*1-4-5(2)3/h8-9H,3-7H2,1-2H3;6,8H,3-5,7H2,1-2H3;3-8H,1-2H3;5,7H,3-4,6H2,1-2H3;8H,4-7H2,1-3H3;6-8H,4-5H2,1-3H3;3-6H,1-2H3;5-6H,1-4H3;6H,1H2,2-4H3;5H,4H2,1-3H3;4-5H,1H2,2-3H3/b;;;;;7-6+;;;;;. The van der Waals surface area contributed by atoms with Gasteiger partial charge in [0.25, 0.3) is 0 Å². The average Bonchev–Trinajstić information content (AvgIpc) is 4.19. The van der Waals surface area contributed by atoms with E-state index in [9.17, 15) is 0 Å². The number of rotatable bonds is 16. The van der Waals surface area contributed by atoms with E-state index in [4.69, 9.17) is 4.42 Å². The molecule has 0 spiro atoms. The van der Waals surface area contributed by atoms with E-state index < -0.39 is 0 Å². The fourth-order valence-electron chi connectivity index (χ4n) is 7.20. The zero-order valence-electron chi connectivity index (χ0n) is 60.8. The molecule has 3 aliphatic carbocycles. The first-order valence-electron chi connectivity index (χ1n) is 34.3. The van der Waals surface area contributed by atoms with Crippen molar-refractivity contribution in [3.8, 4) is 0 Å². The van der Waals surface area contributed by atoms with Crippen LogP contribution in [0.2, 0.25) is 0 Å². The third-order valence-corrected chi connectivity index (χ3v) is 15.0. The highest BCUT2D eigenvalue weighted by Crippen LogP contribution is 2.29. The molecule has 0 atom stereocenters. The first-order valence-corrected chi connectivity index (χ1v) is 34.3. The number of allylic oxidation sites excluding steroid dienone is 8. The number of unbranched alkanes of at least 4 members (excludes halogenated alkanes) is 3. The molecular formula is C80H152O. The van der Waals surface area contributed by atoms with Crippen LogP contribution in [0.3, 0.4) is 0 Å². The van der Waals surface area contributed by atoms with Gasteiger partial charge in [0.1, 0.15) is 5.76 Å². The van der Waals surface area contributed by atoms with Gasteiger partial charge in [-0.25, -0.2) is 0 Å². The molecule has 2 aromatic rings. The summed E-state index contributed by atoms with van der Waals surface area (Å²) in [5, 5.41) is 0. The molecule has 5 rings (SSSR count). The SMILES string of the molecule is C=C(C)C(C)C.C=CC(C)C.CC(C)C(C)C.CC(C)C1=CCCC1.CC(C)C1=CCCCC1.CC(C)C1CCCCC1.CC(C)c1ccccc1.CC(C)c1ccco1.CCC(C)C.CCC/C=C/C(C)C.CCCCCC(C)C. The van der Waals surface area contributed by atoms with Crippen molar-refractivity contribution < 1.29 is 4.42 Å². The van der Waals surface area contributed by atoms with Crippen LogP contribution in [-0.4, -0.2) is 0 Å². The van der Waals surface area contributed by atoms with Gasteiger partial charge >= 0.3 is 0 Å². The highest BCUT2D eigenvalue weighted by Gasteiger charge is 2.16. The van der Waals surface area contributed by atoms with Crippen molar-refractivity contribution in [2.24, 2.45) is 65.1 Å². The lowest BCUT2D eigenvalue weighted by atomic mass is 9.82. The van der Waals surface area contributed by atoms with E-state index in [1.54, 1.807) is 17.4 Å². The lowest BCUT2D eigenvalue weighted by Gasteiger charge is -2.24. The molecule has 1 aromatic heterocycles. The van der Waals surface area contributed by atoms with Gasteiger partial charge in [-0.05, 0) is 147 Å². The summed E-state index contributed by atoms with van der Waals surface area (Å²) in [7, 11) is 0. The van der Waals surface area contributed by atoms with Gasteiger partial charge in [0, 0.05) is 5.92 Å². The summed E-state index contributed by atoms with van der Waals surface area (Å²) in [5.41, 5.74) is 6.03. The van der Waals surface area contributed by atoms with Crippen molar-refractivity contribution in [1.29, 1.82) is 0 Å². The lowest BCUT2D eigenvalue weighted by Crippen LogP contribution is -2.12. The predicted molar refractivity (Wildman–Crippen MR) is 380 cm³/mol. The lowest BCUT2D eigenvalue weighted by molar-refractivity contribution is 0.279. The maximum atomic E-state index is 5.09. The zero-order valence-corrected chi connectivity index (χ0v) is 60.8. The molecule has 0 N–H and O–H groups in total. The molecule has 0 unspecified atom stereocenters. The van der Waals surface area contributed by atoms with Crippen molar-refractivity contribution in [1.82, 2.24) is 0 Å². The van der Waals surface area contributed by atoms with Crippen molar-refractivity contribution >= 4 is 0 Å². The Bertz CT molecular complexity index is 1600. The topological polar surface area (TPSA) is 13.1 Å². The molecule has 0 saturated heterocycles. The summed E-state index contributed by atoms with van der Waals surface area (Å²) in [5.74, 6) is 11.3. The largest absolute Gasteiger partial charge is 0.469 e. The Labute approximate surface area is 514 Å². The Kier molecular flexibility index (Phi) is 69.8. The van der Waals surface area contributed by atoms with E-state index in [-0.39, 0.29) is 0 Å². The van der Waals surface area contributed by atoms with E-state index in [2.05, 4.69) is 249 Å². The maximum Gasteiger partial charge on any atom is 0.106 e. The molecule has 0 radical (unpaired) electrons. The van der Waals surface area contributed by atoms with Gasteiger partial charge in [0.15, 0.2) is 0 Å². The van der Waals surface area contributed by atoms with Crippen LogP contribution in [0.25, 0.3) is 0 Å². The minimum Gasteiger partial charge on any atom is -0.469 e. The number of benzene rings is 1. The van der Waals surface area contributed by atoms with E-state index in [1.807, 2.05) is 31.2 Å². The summed E-state index contributed by atoms with van der Waals surface area (Å²) in [6.45, 7) is 69.4. The molecule has 0 bridgehead atoms. The van der Waals surface area contributed by atoms with Gasteiger partial charge in [-0.1, -0.05) is 342 Å². The summed E-state index contributed by atoms with van der Waals surface area (Å²) < 4.78 is 5.09. The maximum absolute atomic E-state index is 5.09. The molecule has 1 saturated carbocycles. The van der Waals surface area contributed by atoms with Crippen LogP contribution in [0.5, 0.6) is 0 Å². The van der Waals surface area contributed by atoms with Crippen LogP contribution >= 0.6 is 0 Å².